The van der Waals surface area contributed by atoms with E-state index in [1.165, 1.54) is 0 Å². The maximum absolute atomic E-state index is 10.2. The lowest BCUT2D eigenvalue weighted by Gasteiger charge is -2.02. The van der Waals surface area contributed by atoms with Gasteiger partial charge in [-0.2, -0.15) is 0 Å². The van der Waals surface area contributed by atoms with Gasteiger partial charge in [0.1, 0.15) is 0 Å². The summed E-state index contributed by atoms with van der Waals surface area (Å²) in [6.45, 7) is 7.12. The quantitative estimate of drug-likeness (QED) is 0.587. The number of carbonyl (C=O) groups is 1. The fourth-order valence-corrected chi connectivity index (χ4v) is 0.610. The first kappa shape index (κ1) is 8.21. The molecule has 0 aliphatic heterocycles. The van der Waals surface area contributed by atoms with E-state index in [2.05, 4.69) is 6.58 Å². The van der Waals surface area contributed by atoms with Crippen LogP contribution in [0.2, 0.25) is 0 Å². The Morgan fingerprint density at radius 1 is 1.78 bits per heavy atom. The predicted octanol–water partition coefficient (Wildman–Crippen LogP) is 1.67. The van der Waals surface area contributed by atoms with Crippen molar-refractivity contribution >= 4 is 5.97 Å². The van der Waals surface area contributed by atoms with Gasteiger partial charge < -0.3 is 5.11 Å². The molecule has 2 nitrogen and oxygen atoms in total. The van der Waals surface area contributed by atoms with Gasteiger partial charge >= 0.3 is 5.97 Å². The summed E-state index contributed by atoms with van der Waals surface area (Å²) in [5, 5.41) is 8.39. The van der Waals surface area contributed by atoms with Crippen LogP contribution >= 0.6 is 0 Å². The molecule has 0 amide bonds. The highest BCUT2D eigenvalue weighted by Crippen LogP contribution is 2.07. The van der Waals surface area contributed by atoms with E-state index in [-0.39, 0.29) is 5.92 Å². The highest BCUT2D eigenvalue weighted by atomic mass is 16.4. The second-order valence-electron chi connectivity index (χ2n) is 2.40. The number of carboxylic acid groups (broad SMARTS) is 1. The molecule has 1 N–H and O–H groups in total. The summed E-state index contributed by atoms with van der Waals surface area (Å²) < 4.78 is 0. The predicted molar refractivity (Wildman–Crippen MR) is 36.2 cm³/mol. The average Bonchev–Trinajstić information content (AvgIpc) is 1.63. The lowest BCUT2D eigenvalue weighted by atomic mass is 10.0. The molecule has 0 aromatic heterocycles. The van der Waals surface area contributed by atoms with Gasteiger partial charge in [-0.15, -0.1) is 6.58 Å². The Bertz CT molecular complexity index is 127. The van der Waals surface area contributed by atoms with Crippen LogP contribution in [0.25, 0.3) is 0 Å². The number of allylic oxidation sites excluding steroid dienone is 1. The molecular weight excluding hydrogens is 116 g/mol. The van der Waals surface area contributed by atoms with Crippen LogP contribution in [0.3, 0.4) is 0 Å². The van der Waals surface area contributed by atoms with Crippen molar-refractivity contribution in [2.24, 2.45) is 5.92 Å². The third kappa shape index (κ3) is 3.76. The van der Waals surface area contributed by atoms with Gasteiger partial charge in [-0.3, -0.25) is 4.79 Å². The van der Waals surface area contributed by atoms with Crippen LogP contribution in [0.4, 0.5) is 0 Å². The van der Waals surface area contributed by atoms with Crippen LogP contribution in [-0.4, -0.2) is 11.1 Å². The van der Waals surface area contributed by atoms with E-state index in [1.54, 1.807) is 6.92 Å². The SMILES string of the molecule is C=C(C)C[C@@H](C)C(=O)O. The average molecular weight is 128 g/mol. The molecule has 1 atom stereocenters. The summed E-state index contributed by atoms with van der Waals surface area (Å²) in [4.78, 5) is 10.2. The molecule has 0 aliphatic carbocycles. The fourth-order valence-electron chi connectivity index (χ4n) is 0.610. The Labute approximate surface area is 55.2 Å². The Balaban J connectivity index is 3.63. The highest BCUT2D eigenvalue weighted by Gasteiger charge is 2.09. The molecule has 0 aromatic carbocycles. The number of hydrogen-bond acceptors (Lipinski definition) is 1. The van der Waals surface area contributed by atoms with Gasteiger partial charge in [0.2, 0.25) is 0 Å². The second kappa shape index (κ2) is 3.28. The Morgan fingerprint density at radius 2 is 2.22 bits per heavy atom. The van der Waals surface area contributed by atoms with Gasteiger partial charge in [0.05, 0.1) is 5.92 Å². The summed E-state index contributed by atoms with van der Waals surface area (Å²) in [7, 11) is 0. The Hall–Kier alpha value is -0.790. The first-order chi connectivity index (χ1) is 4.04. The molecule has 0 fully saturated rings. The van der Waals surface area contributed by atoms with Gasteiger partial charge in [-0.1, -0.05) is 12.5 Å². The van der Waals surface area contributed by atoms with E-state index in [4.69, 9.17) is 5.11 Å². The van der Waals surface area contributed by atoms with Crippen molar-refractivity contribution in [2.45, 2.75) is 20.3 Å². The number of rotatable bonds is 3. The van der Waals surface area contributed by atoms with Gasteiger partial charge in [0.25, 0.3) is 0 Å². The number of hydrogen-bond donors (Lipinski definition) is 1. The molecule has 0 bridgehead atoms. The van der Waals surface area contributed by atoms with Gasteiger partial charge in [-0.25, -0.2) is 0 Å². The van der Waals surface area contributed by atoms with Crippen LogP contribution in [0.1, 0.15) is 20.3 Å². The molecule has 0 radical (unpaired) electrons. The van der Waals surface area contributed by atoms with Crippen LogP contribution in [0.15, 0.2) is 12.2 Å². The molecule has 0 spiro atoms. The smallest absolute Gasteiger partial charge is 0.306 e. The van der Waals surface area contributed by atoms with E-state index >= 15 is 0 Å². The minimum atomic E-state index is -0.752. The van der Waals surface area contributed by atoms with E-state index in [0.29, 0.717) is 6.42 Å². The summed E-state index contributed by atoms with van der Waals surface area (Å²) in [5.41, 5.74) is 0.921. The lowest BCUT2D eigenvalue weighted by molar-refractivity contribution is -0.141. The maximum Gasteiger partial charge on any atom is 0.306 e. The molecule has 0 saturated heterocycles. The third-order valence-corrected chi connectivity index (χ3v) is 1.08. The lowest BCUT2D eigenvalue weighted by Crippen LogP contribution is -2.08. The maximum atomic E-state index is 10.2. The third-order valence-electron chi connectivity index (χ3n) is 1.08. The van der Waals surface area contributed by atoms with E-state index < -0.39 is 5.97 Å². The minimum Gasteiger partial charge on any atom is -0.481 e. The van der Waals surface area contributed by atoms with E-state index in [9.17, 15) is 4.79 Å². The van der Waals surface area contributed by atoms with Crippen molar-refractivity contribution in [1.29, 1.82) is 0 Å². The zero-order chi connectivity index (χ0) is 7.44. The molecule has 0 saturated carbocycles. The molecule has 0 rings (SSSR count). The van der Waals surface area contributed by atoms with Crippen molar-refractivity contribution in [3.63, 3.8) is 0 Å². The van der Waals surface area contributed by atoms with E-state index in [1.807, 2.05) is 6.92 Å². The van der Waals surface area contributed by atoms with Gasteiger partial charge in [0, 0.05) is 0 Å². The van der Waals surface area contributed by atoms with Crippen molar-refractivity contribution < 1.29 is 9.90 Å². The monoisotopic (exact) mass is 128 g/mol. The summed E-state index contributed by atoms with van der Waals surface area (Å²) in [5.74, 6) is -1.04. The molecule has 2 heteroatoms. The van der Waals surface area contributed by atoms with Gasteiger partial charge in [-0.05, 0) is 13.3 Å². The van der Waals surface area contributed by atoms with Crippen LogP contribution in [0.5, 0.6) is 0 Å². The van der Waals surface area contributed by atoms with Crippen molar-refractivity contribution in [2.75, 3.05) is 0 Å². The fraction of sp³-hybridized carbons (Fsp3) is 0.571. The van der Waals surface area contributed by atoms with Crippen molar-refractivity contribution in [1.82, 2.24) is 0 Å². The molecule has 0 heterocycles. The zero-order valence-corrected chi connectivity index (χ0v) is 5.85. The summed E-state index contributed by atoms with van der Waals surface area (Å²) in [6, 6.07) is 0. The number of aliphatic carboxylic acids is 1. The molecule has 9 heavy (non-hydrogen) atoms. The van der Waals surface area contributed by atoms with E-state index in [0.717, 1.165) is 5.57 Å². The van der Waals surface area contributed by atoms with Gasteiger partial charge in [0.15, 0.2) is 0 Å². The molecule has 0 aliphatic rings. The largest absolute Gasteiger partial charge is 0.481 e. The highest BCUT2D eigenvalue weighted by molar-refractivity contribution is 5.69. The standard InChI is InChI=1S/C7H12O2/c1-5(2)4-6(3)7(8)9/h6H,1,4H2,2-3H3,(H,8,9)/t6-/m1/s1. The molecule has 0 aromatic rings. The Morgan fingerprint density at radius 3 is 2.33 bits per heavy atom. The minimum absolute atomic E-state index is 0.289. The topological polar surface area (TPSA) is 37.3 Å². The van der Waals surface area contributed by atoms with Crippen molar-refractivity contribution in [3.8, 4) is 0 Å². The van der Waals surface area contributed by atoms with Crippen LogP contribution < -0.4 is 0 Å². The number of carboxylic acids is 1. The van der Waals surface area contributed by atoms with Crippen LogP contribution in [0, 0.1) is 5.92 Å². The molecule has 52 valence electrons. The Kier molecular flexibility index (Phi) is 2.99. The summed E-state index contributed by atoms with van der Waals surface area (Å²) in [6.07, 6.45) is 0.579. The normalized spacial score (nSPS) is 12.7. The van der Waals surface area contributed by atoms with Crippen molar-refractivity contribution in [3.05, 3.63) is 12.2 Å². The zero-order valence-electron chi connectivity index (χ0n) is 5.85. The summed E-state index contributed by atoms with van der Waals surface area (Å²) >= 11 is 0. The molecule has 0 unspecified atom stereocenters. The second-order valence-corrected chi connectivity index (χ2v) is 2.40. The van der Waals surface area contributed by atoms with Crippen LogP contribution in [-0.2, 0) is 4.79 Å². The molecular formula is C7H12O2. The first-order valence-electron chi connectivity index (χ1n) is 2.91. The first-order valence-corrected chi connectivity index (χ1v) is 2.91.